The van der Waals surface area contributed by atoms with E-state index in [-0.39, 0.29) is 0 Å². The molecule has 5 heteroatoms. The first-order valence-electron chi connectivity index (χ1n) is 6.36. The van der Waals surface area contributed by atoms with Gasteiger partial charge in [0.2, 0.25) is 0 Å². The van der Waals surface area contributed by atoms with Gasteiger partial charge < -0.3 is 9.84 Å². The zero-order valence-electron chi connectivity index (χ0n) is 11.5. The molecule has 1 saturated heterocycles. The Morgan fingerprint density at radius 3 is 2.84 bits per heavy atom. The number of nitrogens with zero attached hydrogens (tertiary/aromatic N) is 1. The van der Waals surface area contributed by atoms with Gasteiger partial charge in [-0.3, -0.25) is 9.78 Å². The van der Waals surface area contributed by atoms with Crippen LogP contribution in [0.5, 0.6) is 5.75 Å². The molecule has 4 nitrogen and oxygen atoms in total. The fraction of sp³-hybridized carbons (Fsp3) is 0.571. The second-order valence-corrected chi connectivity index (χ2v) is 6.45. The number of methoxy groups -OCH3 is 1. The topological polar surface area (TPSA) is 59.4 Å². The monoisotopic (exact) mass is 281 g/mol. The third-order valence-electron chi connectivity index (χ3n) is 3.70. The van der Waals surface area contributed by atoms with Crippen LogP contribution >= 0.6 is 11.8 Å². The molecule has 19 heavy (non-hydrogen) atoms. The van der Waals surface area contributed by atoms with E-state index in [0.717, 1.165) is 34.7 Å². The lowest BCUT2D eigenvalue weighted by atomic mass is 9.94. The van der Waals surface area contributed by atoms with Crippen molar-refractivity contribution in [2.24, 2.45) is 0 Å². The van der Waals surface area contributed by atoms with Crippen LogP contribution in [0, 0.1) is 13.8 Å². The molecule has 0 saturated carbocycles. The van der Waals surface area contributed by atoms with Gasteiger partial charge in [0.15, 0.2) is 0 Å². The Morgan fingerprint density at radius 1 is 1.58 bits per heavy atom. The molecule has 0 spiro atoms. The Morgan fingerprint density at radius 2 is 2.32 bits per heavy atom. The maximum atomic E-state index is 11.6. The molecule has 1 aliphatic rings. The van der Waals surface area contributed by atoms with Crippen molar-refractivity contribution in [2.75, 3.05) is 12.9 Å². The molecule has 0 radical (unpaired) electrons. The van der Waals surface area contributed by atoms with Crippen LogP contribution in [0.4, 0.5) is 0 Å². The molecule has 0 bridgehead atoms. The molecule has 0 amide bonds. The van der Waals surface area contributed by atoms with Crippen molar-refractivity contribution in [2.45, 2.75) is 37.9 Å². The third-order valence-corrected chi connectivity index (χ3v) is 5.26. The summed E-state index contributed by atoms with van der Waals surface area (Å²) in [5.74, 6) is 0.998. The predicted molar refractivity (Wildman–Crippen MR) is 76.0 cm³/mol. The van der Waals surface area contributed by atoms with Crippen LogP contribution < -0.4 is 4.74 Å². The highest BCUT2D eigenvalue weighted by atomic mass is 32.2. The zero-order valence-corrected chi connectivity index (χ0v) is 12.3. The molecular weight excluding hydrogens is 262 g/mol. The Bertz CT molecular complexity index is 496. The van der Waals surface area contributed by atoms with Gasteiger partial charge >= 0.3 is 5.97 Å². The maximum absolute atomic E-state index is 11.6. The molecule has 2 heterocycles. The normalized spacial score (nSPS) is 22.5. The highest BCUT2D eigenvalue weighted by Gasteiger charge is 2.43. The van der Waals surface area contributed by atoms with Crippen LogP contribution in [0.25, 0.3) is 0 Å². The average molecular weight is 281 g/mol. The quantitative estimate of drug-likeness (QED) is 0.919. The van der Waals surface area contributed by atoms with E-state index < -0.39 is 10.7 Å². The molecule has 1 atom stereocenters. The van der Waals surface area contributed by atoms with Gasteiger partial charge in [-0.05, 0) is 32.4 Å². The number of carboxylic acid groups (broad SMARTS) is 1. The van der Waals surface area contributed by atoms with Crippen LogP contribution in [-0.2, 0) is 11.2 Å². The van der Waals surface area contributed by atoms with Crippen LogP contribution in [0.3, 0.4) is 0 Å². The number of hydrogen-bond acceptors (Lipinski definition) is 4. The van der Waals surface area contributed by atoms with Crippen LogP contribution in [0.1, 0.15) is 29.7 Å². The first kappa shape index (κ1) is 14.2. The lowest BCUT2D eigenvalue weighted by Crippen LogP contribution is -2.35. The van der Waals surface area contributed by atoms with Crippen molar-refractivity contribution in [3.8, 4) is 5.75 Å². The average Bonchev–Trinajstić information content (AvgIpc) is 2.83. The largest absolute Gasteiger partial charge is 0.496 e. The van der Waals surface area contributed by atoms with Crippen molar-refractivity contribution in [1.29, 1.82) is 0 Å². The minimum absolute atomic E-state index is 0.468. The third kappa shape index (κ3) is 2.56. The Balaban J connectivity index is 2.35. The molecule has 1 N–H and O–H groups in total. The number of pyridine rings is 1. The number of carboxylic acids is 1. The van der Waals surface area contributed by atoms with Crippen LogP contribution in [-0.4, -0.2) is 33.7 Å². The summed E-state index contributed by atoms with van der Waals surface area (Å²) in [4.78, 5) is 16.0. The second kappa shape index (κ2) is 5.41. The SMILES string of the molecule is COc1c(C)cnc(CC2(C(=O)O)CCCS2)c1C. The van der Waals surface area contributed by atoms with Gasteiger partial charge in [0, 0.05) is 29.4 Å². The van der Waals surface area contributed by atoms with E-state index in [1.165, 1.54) is 11.8 Å². The van der Waals surface area contributed by atoms with Gasteiger partial charge in [0.25, 0.3) is 0 Å². The number of aryl methyl sites for hydroxylation is 1. The number of ether oxygens (including phenoxy) is 1. The summed E-state index contributed by atoms with van der Waals surface area (Å²) in [5, 5.41) is 9.52. The number of hydrogen-bond donors (Lipinski definition) is 1. The van der Waals surface area contributed by atoms with Crippen molar-refractivity contribution in [3.05, 3.63) is 23.0 Å². The van der Waals surface area contributed by atoms with E-state index in [9.17, 15) is 9.90 Å². The number of rotatable bonds is 4. The first-order valence-corrected chi connectivity index (χ1v) is 7.35. The number of carbonyl (C=O) groups is 1. The van der Waals surface area contributed by atoms with Crippen LogP contribution in [0.2, 0.25) is 0 Å². The fourth-order valence-electron chi connectivity index (χ4n) is 2.60. The van der Waals surface area contributed by atoms with Gasteiger partial charge in [-0.15, -0.1) is 11.8 Å². The molecular formula is C14H19NO3S. The highest BCUT2D eigenvalue weighted by molar-refractivity contribution is 8.01. The molecule has 0 aromatic carbocycles. The lowest BCUT2D eigenvalue weighted by molar-refractivity contribution is -0.139. The van der Waals surface area contributed by atoms with E-state index in [1.807, 2.05) is 13.8 Å². The van der Waals surface area contributed by atoms with Gasteiger partial charge in [-0.1, -0.05) is 0 Å². The van der Waals surface area contributed by atoms with Crippen molar-refractivity contribution < 1.29 is 14.6 Å². The summed E-state index contributed by atoms with van der Waals surface area (Å²) < 4.78 is 4.67. The Hall–Kier alpha value is -1.23. The first-order chi connectivity index (χ1) is 9.00. The van der Waals surface area contributed by atoms with Gasteiger partial charge in [-0.25, -0.2) is 0 Å². The van der Waals surface area contributed by atoms with E-state index >= 15 is 0 Å². The molecule has 1 aliphatic heterocycles. The van der Waals surface area contributed by atoms with Crippen molar-refractivity contribution >= 4 is 17.7 Å². The van der Waals surface area contributed by atoms with Crippen molar-refractivity contribution in [1.82, 2.24) is 4.98 Å². The molecule has 1 aromatic heterocycles. The van der Waals surface area contributed by atoms with Gasteiger partial charge in [0.05, 0.1) is 7.11 Å². The molecule has 0 aliphatic carbocycles. The van der Waals surface area contributed by atoms with E-state index in [4.69, 9.17) is 4.74 Å². The van der Waals surface area contributed by atoms with Crippen LogP contribution in [0.15, 0.2) is 6.20 Å². The summed E-state index contributed by atoms with van der Waals surface area (Å²) in [7, 11) is 1.64. The molecule has 1 fully saturated rings. The summed E-state index contributed by atoms with van der Waals surface area (Å²) in [6.07, 6.45) is 3.90. The summed E-state index contributed by atoms with van der Waals surface area (Å²) in [6.45, 7) is 3.89. The minimum Gasteiger partial charge on any atom is -0.496 e. The number of aliphatic carboxylic acids is 1. The minimum atomic E-state index is -0.726. The Labute approximate surface area is 117 Å². The van der Waals surface area contributed by atoms with Gasteiger partial charge in [0.1, 0.15) is 10.5 Å². The molecule has 1 aromatic rings. The summed E-state index contributed by atoms with van der Waals surface area (Å²) >= 11 is 1.54. The fourth-order valence-corrected chi connectivity index (χ4v) is 3.93. The number of thioether (sulfide) groups is 1. The second-order valence-electron chi connectivity index (χ2n) is 4.97. The Kier molecular flexibility index (Phi) is 4.04. The maximum Gasteiger partial charge on any atom is 0.320 e. The van der Waals surface area contributed by atoms with Gasteiger partial charge in [-0.2, -0.15) is 0 Å². The molecule has 104 valence electrons. The predicted octanol–water partition coefficient (Wildman–Crippen LogP) is 2.60. The summed E-state index contributed by atoms with van der Waals surface area (Å²) in [6, 6.07) is 0. The molecule has 1 unspecified atom stereocenters. The molecule has 2 rings (SSSR count). The lowest BCUT2D eigenvalue weighted by Gasteiger charge is -2.24. The highest BCUT2D eigenvalue weighted by Crippen LogP contribution is 2.42. The van der Waals surface area contributed by atoms with Crippen molar-refractivity contribution in [3.63, 3.8) is 0 Å². The number of aromatic nitrogens is 1. The van der Waals surface area contributed by atoms with E-state index in [2.05, 4.69) is 4.98 Å². The zero-order chi connectivity index (χ0) is 14.0. The smallest absolute Gasteiger partial charge is 0.320 e. The standard InChI is InChI=1S/C14H19NO3S/c1-9-8-15-11(10(2)12(9)18-3)7-14(13(16)17)5-4-6-19-14/h8H,4-7H2,1-3H3,(H,16,17). The van der Waals surface area contributed by atoms with E-state index in [0.29, 0.717) is 12.8 Å². The van der Waals surface area contributed by atoms with E-state index in [1.54, 1.807) is 13.3 Å². The summed E-state index contributed by atoms with van der Waals surface area (Å²) in [5.41, 5.74) is 2.77.